The van der Waals surface area contributed by atoms with Crippen molar-refractivity contribution in [3.05, 3.63) is 17.7 Å². The van der Waals surface area contributed by atoms with Crippen LogP contribution in [0.15, 0.2) is 12.1 Å². The Hall–Kier alpha value is -1.91. The molecule has 1 aromatic carbocycles. The second-order valence-corrected chi connectivity index (χ2v) is 5.00. The Morgan fingerprint density at radius 3 is 2.11 bits per heavy atom. The topological polar surface area (TPSA) is 73.6 Å². The van der Waals surface area contributed by atoms with E-state index in [1.165, 1.54) is 14.2 Å². The second-order valence-electron chi connectivity index (χ2n) is 5.00. The van der Waals surface area contributed by atoms with Crippen molar-refractivity contribution < 1.29 is 14.3 Å². The fourth-order valence-corrected chi connectivity index (χ4v) is 1.50. The van der Waals surface area contributed by atoms with Gasteiger partial charge in [0.05, 0.1) is 19.8 Å². The average molecular weight is 252 g/mol. The fourth-order valence-electron chi connectivity index (χ4n) is 1.50. The molecule has 0 aromatic heterocycles. The molecule has 5 nitrogen and oxygen atoms in total. The van der Waals surface area contributed by atoms with E-state index in [0.717, 1.165) is 0 Å². The van der Waals surface area contributed by atoms with Crippen molar-refractivity contribution in [3.8, 4) is 11.5 Å². The normalized spacial score (nSPS) is 10.9. The Labute approximate surface area is 107 Å². The molecule has 3 N–H and O–H groups in total. The van der Waals surface area contributed by atoms with Crippen LogP contribution in [0.4, 0.5) is 5.69 Å². The Morgan fingerprint density at radius 1 is 1.17 bits per heavy atom. The number of carbonyl (C=O) groups is 1. The fraction of sp³-hybridized carbons (Fsp3) is 0.462. The van der Waals surface area contributed by atoms with E-state index in [1.54, 1.807) is 12.1 Å². The quantitative estimate of drug-likeness (QED) is 0.805. The maximum absolute atomic E-state index is 12.1. The predicted octanol–water partition coefficient (Wildman–Crippen LogP) is 1.81. The lowest BCUT2D eigenvalue weighted by Crippen LogP contribution is -2.40. The van der Waals surface area contributed by atoms with Crippen molar-refractivity contribution in [1.82, 2.24) is 5.32 Å². The standard InChI is InChI=1S/C13H20N2O3/c1-13(2,3)15-12(16)8-6-10(17-4)11(18-5)7-9(8)14/h6-7H,14H2,1-5H3,(H,15,16). The molecule has 0 radical (unpaired) electrons. The number of hydrogen-bond donors (Lipinski definition) is 2. The van der Waals surface area contributed by atoms with Crippen molar-refractivity contribution >= 4 is 11.6 Å². The predicted molar refractivity (Wildman–Crippen MR) is 71.2 cm³/mol. The summed E-state index contributed by atoms with van der Waals surface area (Å²) >= 11 is 0. The summed E-state index contributed by atoms with van der Waals surface area (Å²) in [5.74, 6) is 0.744. The number of amides is 1. The summed E-state index contributed by atoms with van der Waals surface area (Å²) in [7, 11) is 3.03. The summed E-state index contributed by atoms with van der Waals surface area (Å²) in [5.41, 5.74) is 6.25. The highest BCUT2D eigenvalue weighted by Gasteiger charge is 2.19. The number of rotatable bonds is 3. The van der Waals surface area contributed by atoms with Crippen molar-refractivity contribution in [2.75, 3.05) is 20.0 Å². The van der Waals surface area contributed by atoms with Gasteiger partial charge in [0.2, 0.25) is 0 Å². The summed E-state index contributed by atoms with van der Waals surface area (Å²) in [6.45, 7) is 5.71. The van der Waals surface area contributed by atoms with Crippen LogP contribution in [0.1, 0.15) is 31.1 Å². The van der Waals surface area contributed by atoms with Crippen molar-refractivity contribution in [1.29, 1.82) is 0 Å². The van der Waals surface area contributed by atoms with E-state index in [0.29, 0.717) is 22.7 Å². The maximum Gasteiger partial charge on any atom is 0.253 e. The van der Waals surface area contributed by atoms with Crippen LogP contribution in [0.2, 0.25) is 0 Å². The zero-order valence-electron chi connectivity index (χ0n) is 11.5. The summed E-state index contributed by atoms with van der Waals surface area (Å²) in [6.07, 6.45) is 0. The maximum atomic E-state index is 12.1. The lowest BCUT2D eigenvalue weighted by Gasteiger charge is -2.21. The van der Waals surface area contributed by atoms with Crippen molar-refractivity contribution in [2.24, 2.45) is 0 Å². The molecule has 0 saturated carbocycles. The lowest BCUT2D eigenvalue weighted by molar-refractivity contribution is 0.0920. The molecule has 1 amide bonds. The number of ether oxygens (including phenoxy) is 2. The number of hydrogen-bond acceptors (Lipinski definition) is 4. The molecule has 0 spiro atoms. The molecule has 0 saturated heterocycles. The third kappa shape index (κ3) is 3.29. The van der Waals surface area contributed by atoms with E-state index in [4.69, 9.17) is 15.2 Å². The molecule has 0 atom stereocenters. The van der Waals surface area contributed by atoms with Gasteiger partial charge in [-0.05, 0) is 26.8 Å². The molecule has 0 aliphatic heterocycles. The Morgan fingerprint density at radius 2 is 1.67 bits per heavy atom. The van der Waals surface area contributed by atoms with Gasteiger partial charge in [0.1, 0.15) is 0 Å². The van der Waals surface area contributed by atoms with Gasteiger partial charge < -0.3 is 20.5 Å². The minimum absolute atomic E-state index is 0.235. The van der Waals surface area contributed by atoms with Gasteiger partial charge in [-0.15, -0.1) is 0 Å². The van der Waals surface area contributed by atoms with Gasteiger partial charge in [-0.2, -0.15) is 0 Å². The van der Waals surface area contributed by atoms with E-state index in [2.05, 4.69) is 5.32 Å². The lowest BCUT2D eigenvalue weighted by atomic mass is 10.1. The SMILES string of the molecule is COc1cc(N)c(C(=O)NC(C)(C)C)cc1OC. The molecule has 1 aromatic rings. The smallest absolute Gasteiger partial charge is 0.253 e. The second kappa shape index (κ2) is 5.16. The van der Waals surface area contributed by atoms with Gasteiger partial charge in [-0.3, -0.25) is 4.79 Å². The van der Waals surface area contributed by atoms with E-state index in [1.807, 2.05) is 20.8 Å². The number of carbonyl (C=O) groups excluding carboxylic acids is 1. The minimum Gasteiger partial charge on any atom is -0.493 e. The number of benzene rings is 1. The number of methoxy groups -OCH3 is 2. The molecule has 100 valence electrons. The van der Waals surface area contributed by atoms with Crippen LogP contribution in [0, 0.1) is 0 Å². The third-order valence-electron chi connectivity index (χ3n) is 2.29. The number of nitrogens with one attached hydrogen (secondary N) is 1. The van der Waals surface area contributed by atoms with Crippen LogP contribution in [0.25, 0.3) is 0 Å². The zero-order chi connectivity index (χ0) is 13.9. The van der Waals surface area contributed by atoms with Crippen molar-refractivity contribution in [2.45, 2.75) is 26.3 Å². The molecule has 0 aliphatic rings. The van der Waals surface area contributed by atoms with E-state index in [-0.39, 0.29) is 11.4 Å². The van der Waals surface area contributed by atoms with Crippen molar-refractivity contribution in [3.63, 3.8) is 0 Å². The highest BCUT2D eigenvalue weighted by molar-refractivity contribution is 6.00. The van der Waals surface area contributed by atoms with Crippen LogP contribution in [0.3, 0.4) is 0 Å². The Balaban J connectivity index is 3.13. The molecule has 0 unspecified atom stereocenters. The summed E-state index contributed by atoms with van der Waals surface area (Å²) < 4.78 is 10.3. The van der Waals surface area contributed by atoms with E-state index < -0.39 is 0 Å². The zero-order valence-corrected chi connectivity index (χ0v) is 11.5. The van der Waals surface area contributed by atoms with E-state index >= 15 is 0 Å². The average Bonchev–Trinajstić information content (AvgIpc) is 2.26. The monoisotopic (exact) mass is 252 g/mol. The first-order chi connectivity index (χ1) is 8.28. The Kier molecular flexibility index (Phi) is 4.06. The molecule has 0 heterocycles. The van der Waals surface area contributed by atoms with Gasteiger partial charge in [0.15, 0.2) is 11.5 Å². The molecule has 1 rings (SSSR count). The number of anilines is 1. The van der Waals surface area contributed by atoms with Crippen LogP contribution < -0.4 is 20.5 Å². The van der Waals surface area contributed by atoms with Gasteiger partial charge in [0.25, 0.3) is 5.91 Å². The molecular weight excluding hydrogens is 232 g/mol. The highest BCUT2D eigenvalue weighted by Crippen LogP contribution is 2.31. The minimum atomic E-state index is -0.323. The van der Waals surface area contributed by atoms with Crippen LogP contribution >= 0.6 is 0 Å². The molecule has 0 aliphatic carbocycles. The summed E-state index contributed by atoms with van der Waals surface area (Å²) in [5, 5.41) is 2.85. The van der Waals surface area contributed by atoms with Crippen LogP contribution in [-0.4, -0.2) is 25.7 Å². The summed E-state index contributed by atoms with van der Waals surface area (Å²) in [4.78, 5) is 12.1. The van der Waals surface area contributed by atoms with Crippen LogP contribution in [0.5, 0.6) is 11.5 Å². The Bertz CT molecular complexity index is 450. The number of nitrogen functional groups attached to an aromatic ring is 1. The number of nitrogens with two attached hydrogens (primary N) is 1. The molecule has 5 heteroatoms. The molecule has 0 bridgehead atoms. The van der Waals surface area contributed by atoms with E-state index in [9.17, 15) is 4.79 Å². The largest absolute Gasteiger partial charge is 0.493 e. The van der Waals surface area contributed by atoms with Gasteiger partial charge >= 0.3 is 0 Å². The first-order valence-corrected chi connectivity index (χ1v) is 5.62. The first kappa shape index (κ1) is 14.2. The highest BCUT2D eigenvalue weighted by atomic mass is 16.5. The molecule has 18 heavy (non-hydrogen) atoms. The summed E-state index contributed by atoms with van der Waals surface area (Å²) in [6, 6.07) is 3.16. The van der Waals surface area contributed by atoms with Gasteiger partial charge in [-0.1, -0.05) is 0 Å². The molecular formula is C13H20N2O3. The first-order valence-electron chi connectivity index (χ1n) is 5.62. The van der Waals surface area contributed by atoms with Gasteiger partial charge in [0, 0.05) is 17.3 Å². The molecule has 0 fully saturated rings. The third-order valence-corrected chi connectivity index (χ3v) is 2.29. The van der Waals surface area contributed by atoms with Crippen LogP contribution in [-0.2, 0) is 0 Å². The van der Waals surface area contributed by atoms with Gasteiger partial charge in [-0.25, -0.2) is 0 Å².